The van der Waals surface area contributed by atoms with Gasteiger partial charge in [0.1, 0.15) is 0 Å². The Bertz CT molecular complexity index is 471. The van der Waals surface area contributed by atoms with Crippen molar-refractivity contribution in [1.82, 2.24) is 19.7 Å². The summed E-state index contributed by atoms with van der Waals surface area (Å²) < 4.78 is 7.26. The molecule has 0 fully saturated rings. The molecule has 0 aliphatic heterocycles. The number of hydrogen-bond donors (Lipinski definition) is 0. The molecule has 0 saturated heterocycles. The van der Waals surface area contributed by atoms with Crippen LogP contribution in [0.2, 0.25) is 5.15 Å². The molecule has 0 spiro atoms. The summed E-state index contributed by atoms with van der Waals surface area (Å²) in [6.45, 7) is 2.95. The lowest BCUT2D eigenvalue weighted by atomic mass is 10.5. The lowest BCUT2D eigenvalue weighted by Crippen LogP contribution is -1.95. The van der Waals surface area contributed by atoms with Crippen molar-refractivity contribution >= 4 is 11.6 Å². The molecule has 0 bridgehead atoms. The van der Waals surface area contributed by atoms with Crippen LogP contribution in [0.1, 0.15) is 13.3 Å². The Hall–Kier alpha value is -1.62. The van der Waals surface area contributed by atoms with Crippen molar-refractivity contribution in [3.05, 3.63) is 29.9 Å². The lowest BCUT2D eigenvalue weighted by Gasteiger charge is -2.00. The number of nitrogens with zero attached hydrogens (tertiary/aromatic N) is 4. The third-order valence-electron chi connectivity index (χ3n) is 1.87. The molecule has 0 unspecified atom stereocenters. The normalized spacial score (nSPS) is 10.4. The number of aromatic nitrogens is 4. The van der Waals surface area contributed by atoms with E-state index in [2.05, 4.69) is 22.0 Å². The molecule has 2 heterocycles. The van der Waals surface area contributed by atoms with E-state index in [1.807, 2.05) is 10.9 Å². The monoisotopic (exact) mass is 238 g/mol. The highest BCUT2D eigenvalue weighted by molar-refractivity contribution is 6.29. The van der Waals surface area contributed by atoms with Crippen molar-refractivity contribution in [1.29, 1.82) is 0 Å². The topological polar surface area (TPSA) is 52.8 Å². The third-order valence-corrected chi connectivity index (χ3v) is 2.05. The quantitative estimate of drug-likeness (QED) is 0.821. The van der Waals surface area contributed by atoms with Gasteiger partial charge < -0.3 is 4.74 Å². The second-order valence-electron chi connectivity index (χ2n) is 3.22. The second kappa shape index (κ2) is 4.94. The smallest absolute Gasteiger partial charge is 0.239 e. The van der Waals surface area contributed by atoms with E-state index >= 15 is 0 Å². The van der Waals surface area contributed by atoms with Crippen LogP contribution >= 0.6 is 11.6 Å². The third kappa shape index (κ3) is 2.70. The Balaban J connectivity index is 2.08. The number of ether oxygens (including phenoxy) is 1. The highest BCUT2D eigenvalue weighted by Gasteiger charge is 2.02. The second-order valence-corrected chi connectivity index (χ2v) is 3.61. The first kappa shape index (κ1) is 10.9. The Labute approximate surface area is 98.0 Å². The number of hydrogen-bond acceptors (Lipinski definition) is 4. The molecule has 0 aromatic carbocycles. The van der Waals surface area contributed by atoms with Crippen LogP contribution in [-0.2, 0) is 6.54 Å². The van der Waals surface area contributed by atoms with E-state index in [9.17, 15) is 0 Å². The zero-order chi connectivity index (χ0) is 11.4. The van der Waals surface area contributed by atoms with E-state index < -0.39 is 0 Å². The predicted molar refractivity (Wildman–Crippen MR) is 59.6 cm³/mol. The Kier molecular flexibility index (Phi) is 3.36. The van der Waals surface area contributed by atoms with Gasteiger partial charge in [-0.1, -0.05) is 18.5 Å². The van der Waals surface area contributed by atoms with E-state index in [0.29, 0.717) is 16.8 Å². The summed E-state index contributed by atoms with van der Waals surface area (Å²) >= 11 is 5.69. The maximum Gasteiger partial charge on any atom is 0.239 e. The van der Waals surface area contributed by atoms with Crippen molar-refractivity contribution < 1.29 is 4.74 Å². The van der Waals surface area contributed by atoms with Gasteiger partial charge >= 0.3 is 0 Å². The van der Waals surface area contributed by atoms with Crippen molar-refractivity contribution in [3.63, 3.8) is 0 Å². The summed E-state index contributed by atoms with van der Waals surface area (Å²) in [7, 11) is 0. The van der Waals surface area contributed by atoms with Gasteiger partial charge in [-0.05, 0) is 6.42 Å². The molecule has 0 amide bonds. The molecule has 0 saturated carbocycles. The molecule has 0 N–H and O–H groups in total. The van der Waals surface area contributed by atoms with Crippen LogP contribution in [0.5, 0.6) is 11.6 Å². The zero-order valence-corrected chi connectivity index (χ0v) is 9.55. The van der Waals surface area contributed by atoms with Crippen molar-refractivity contribution in [3.8, 4) is 11.6 Å². The minimum Gasteiger partial charge on any atom is -0.434 e. The molecule has 0 aliphatic carbocycles. The van der Waals surface area contributed by atoms with Crippen LogP contribution in [0.15, 0.2) is 24.8 Å². The molecule has 0 atom stereocenters. The highest BCUT2D eigenvalue weighted by atomic mass is 35.5. The van der Waals surface area contributed by atoms with Crippen LogP contribution in [0, 0.1) is 0 Å². The van der Waals surface area contributed by atoms with E-state index in [1.54, 1.807) is 6.20 Å². The molecule has 84 valence electrons. The summed E-state index contributed by atoms with van der Waals surface area (Å²) in [5, 5.41) is 4.44. The fourth-order valence-corrected chi connectivity index (χ4v) is 1.38. The molecule has 2 rings (SSSR count). The lowest BCUT2D eigenvalue weighted by molar-refractivity contribution is 0.458. The van der Waals surface area contributed by atoms with Crippen LogP contribution in [-0.4, -0.2) is 19.7 Å². The van der Waals surface area contributed by atoms with Gasteiger partial charge in [-0.2, -0.15) is 10.1 Å². The molecule has 6 heteroatoms. The first-order chi connectivity index (χ1) is 7.78. The molecular weight excluding hydrogens is 228 g/mol. The van der Waals surface area contributed by atoms with Gasteiger partial charge in [0.2, 0.25) is 5.88 Å². The highest BCUT2D eigenvalue weighted by Crippen LogP contribution is 2.18. The molecule has 0 radical (unpaired) electrons. The molecule has 2 aromatic heterocycles. The minimum atomic E-state index is 0.304. The molecule has 5 nitrogen and oxygen atoms in total. The van der Waals surface area contributed by atoms with E-state index in [-0.39, 0.29) is 0 Å². The predicted octanol–water partition coefficient (Wildman–Crippen LogP) is 2.53. The Morgan fingerprint density at radius 3 is 3.00 bits per heavy atom. The fraction of sp³-hybridized carbons (Fsp3) is 0.300. The van der Waals surface area contributed by atoms with Crippen molar-refractivity contribution in [2.45, 2.75) is 19.9 Å². The van der Waals surface area contributed by atoms with Gasteiger partial charge in [-0.3, -0.25) is 9.67 Å². The number of halogens is 1. The van der Waals surface area contributed by atoms with E-state index in [0.717, 1.165) is 13.0 Å². The van der Waals surface area contributed by atoms with Crippen LogP contribution in [0.3, 0.4) is 0 Å². The van der Waals surface area contributed by atoms with Crippen LogP contribution in [0.4, 0.5) is 0 Å². The van der Waals surface area contributed by atoms with Gasteiger partial charge in [0.25, 0.3) is 0 Å². The average molecular weight is 239 g/mol. The molecule has 2 aromatic rings. The first-order valence-corrected chi connectivity index (χ1v) is 5.33. The van der Waals surface area contributed by atoms with Gasteiger partial charge in [-0.15, -0.1) is 0 Å². The largest absolute Gasteiger partial charge is 0.434 e. The Morgan fingerprint density at radius 2 is 2.25 bits per heavy atom. The summed E-state index contributed by atoms with van der Waals surface area (Å²) in [6.07, 6.45) is 7.43. The van der Waals surface area contributed by atoms with Gasteiger partial charge in [-0.25, -0.2) is 0 Å². The SMILES string of the molecule is CCCn1cc(Oc2cncc(Cl)n2)cn1. The van der Waals surface area contributed by atoms with E-state index in [1.165, 1.54) is 12.4 Å². The summed E-state index contributed by atoms with van der Waals surface area (Å²) in [5.74, 6) is 0.994. The van der Waals surface area contributed by atoms with Crippen molar-refractivity contribution in [2.24, 2.45) is 0 Å². The van der Waals surface area contributed by atoms with Gasteiger partial charge in [0, 0.05) is 6.54 Å². The summed E-state index contributed by atoms with van der Waals surface area (Å²) in [5.41, 5.74) is 0. The fourth-order valence-electron chi connectivity index (χ4n) is 1.24. The Morgan fingerprint density at radius 1 is 1.38 bits per heavy atom. The average Bonchev–Trinajstić information content (AvgIpc) is 2.66. The number of aryl methyl sites for hydroxylation is 1. The van der Waals surface area contributed by atoms with Crippen molar-refractivity contribution in [2.75, 3.05) is 0 Å². The van der Waals surface area contributed by atoms with E-state index in [4.69, 9.17) is 16.3 Å². The minimum absolute atomic E-state index is 0.304. The maximum atomic E-state index is 5.69. The molecule has 0 aliphatic rings. The summed E-state index contributed by atoms with van der Waals surface area (Å²) in [4.78, 5) is 7.84. The summed E-state index contributed by atoms with van der Waals surface area (Å²) in [6, 6.07) is 0. The maximum absolute atomic E-state index is 5.69. The standard InChI is InChI=1S/C10H11ClN4O/c1-2-3-15-7-8(4-13-15)16-10-6-12-5-9(11)14-10/h4-7H,2-3H2,1H3. The molecule has 16 heavy (non-hydrogen) atoms. The van der Waals surface area contributed by atoms with Crippen LogP contribution < -0.4 is 4.74 Å². The zero-order valence-electron chi connectivity index (χ0n) is 8.80. The van der Waals surface area contributed by atoms with Gasteiger partial charge in [0.15, 0.2) is 10.9 Å². The number of rotatable bonds is 4. The molecular formula is C10H11ClN4O. The van der Waals surface area contributed by atoms with Gasteiger partial charge in [0.05, 0.1) is 24.8 Å². The van der Waals surface area contributed by atoms with Crippen LogP contribution in [0.25, 0.3) is 0 Å². The first-order valence-electron chi connectivity index (χ1n) is 4.96.